The van der Waals surface area contributed by atoms with E-state index in [1.165, 1.54) is 11.7 Å². The molecule has 0 spiro atoms. The Hall–Kier alpha value is -0.920. The lowest BCUT2D eigenvalue weighted by molar-refractivity contribution is 1.43. The fraction of sp³-hybridized carbons (Fsp3) is 0. The third kappa shape index (κ3) is 2.22. The van der Waals surface area contributed by atoms with Crippen LogP contribution >= 0.6 is 27.7 Å². The van der Waals surface area contributed by atoms with Gasteiger partial charge in [0.15, 0.2) is 0 Å². The Kier molecular flexibility index (Phi) is 3.13. The molecule has 0 amide bonds. The summed E-state index contributed by atoms with van der Waals surface area (Å²) in [6, 6.07) is 3.92. The van der Waals surface area contributed by atoms with Gasteiger partial charge in [0.1, 0.15) is 11.0 Å². The lowest BCUT2D eigenvalue weighted by Crippen LogP contribution is -1.86. The molecule has 1 aliphatic carbocycles. The normalized spacial score (nSPS) is 16.1. The molecule has 1 fully saturated rings. The van der Waals surface area contributed by atoms with Crippen molar-refractivity contribution in [1.82, 2.24) is 8.75 Å². The molecule has 2 nitrogen and oxygen atoms in total. The molecule has 0 saturated heterocycles. The molecule has 0 bridgehead atoms. The summed E-state index contributed by atoms with van der Waals surface area (Å²) < 4.78 is 9.48. The van der Waals surface area contributed by atoms with E-state index < -0.39 is 0 Å². The number of rotatable bonds is 0. The first-order valence-corrected chi connectivity index (χ1v) is 6.51. The van der Waals surface area contributed by atoms with Crippen molar-refractivity contribution in [2.45, 2.75) is 0 Å². The van der Waals surface area contributed by atoms with Gasteiger partial charge in [-0.2, -0.15) is 8.75 Å². The molecule has 2 aromatic rings. The van der Waals surface area contributed by atoms with Crippen molar-refractivity contribution < 1.29 is 0 Å². The minimum Gasteiger partial charge on any atom is -0.172 e. The monoisotopic (exact) mass is 301 g/mol. The van der Waals surface area contributed by atoms with Gasteiger partial charge in [-0.1, -0.05) is 11.8 Å². The van der Waals surface area contributed by atoms with Crippen LogP contribution < -0.4 is 0 Å². The molecular formula is C13H6BrN2S. The zero-order valence-corrected chi connectivity index (χ0v) is 11.0. The van der Waals surface area contributed by atoms with Crippen LogP contribution in [0.25, 0.3) is 11.0 Å². The van der Waals surface area contributed by atoms with Gasteiger partial charge in [-0.3, -0.25) is 0 Å². The highest BCUT2D eigenvalue weighted by Gasteiger charge is 2.14. The minimum absolute atomic E-state index is 0.864. The van der Waals surface area contributed by atoms with Gasteiger partial charge < -0.3 is 0 Å². The average molecular weight is 302 g/mol. The van der Waals surface area contributed by atoms with Crippen LogP contribution in [-0.2, 0) is 0 Å². The van der Waals surface area contributed by atoms with Gasteiger partial charge in [-0.05, 0) is 53.7 Å². The zero-order chi connectivity index (χ0) is 11.7. The molecule has 1 aromatic heterocycles. The highest BCUT2D eigenvalue weighted by atomic mass is 79.9. The number of benzene rings is 1. The maximum Gasteiger partial charge on any atom is 0.121 e. The summed E-state index contributed by atoms with van der Waals surface area (Å²) in [5.74, 6) is 7.27. The second kappa shape index (κ2) is 4.75. The van der Waals surface area contributed by atoms with Gasteiger partial charge in [0.05, 0.1) is 23.2 Å². The lowest BCUT2D eigenvalue weighted by atomic mass is 10.1. The first-order valence-electron chi connectivity index (χ1n) is 4.99. The Morgan fingerprint density at radius 2 is 1.76 bits per heavy atom. The Balaban J connectivity index is 2.00. The zero-order valence-electron chi connectivity index (χ0n) is 8.64. The van der Waals surface area contributed by atoms with Gasteiger partial charge in [0.2, 0.25) is 0 Å². The van der Waals surface area contributed by atoms with Crippen LogP contribution in [-0.4, -0.2) is 8.75 Å². The summed E-state index contributed by atoms with van der Waals surface area (Å²) in [4.78, 5) is 0. The summed E-state index contributed by atoms with van der Waals surface area (Å²) >= 11 is 4.66. The van der Waals surface area contributed by atoms with Gasteiger partial charge in [-0.15, -0.1) is 0 Å². The van der Waals surface area contributed by atoms with Crippen molar-refractivity contribution in [1.29, 1.82) is 0 Å². The SMILES string of the molecule is Brc1ccc(C#C[C]2[CH][CH][CH][CH]2)c2nsnc12. The second-order valence-electron chi connectivity index (χ2n) is 3.48. The van der Waals surface area contributed by atoms with Crippen LogP contribution in [0.5, 0.6) is 0 Å². The fourth-order valence-electron chi connectivity index (χ4n) is 1.53. The molecule has 0 atom stereocenters. The molecule has 0 aliphatic heterocycles. The molecule has 1 saturated carbocycles. The van der Waals surface area contributed by atoms with Crippen LogP contribution in [0.15, 0.2) is 16.6 Å². The Morgan fingerprint density at radius 1 is 1.00 bits per heavy atom. The van der Waals surface area contributed by atoms with Crippen LogP contribution in [0.1, 0.15) is 5.56 Å². The molecule has 5 radical (unpaired) electrons. The van der Waals surface area contributed by atoms with Gasteiger partial charge >= 0.3 is 0 Å². The van der Waals surface area contributed by atoms with E-state index in [4.69, 9.17) is 0 Å². The lowest BCUT2D eigenvalue weighted by Gasteiger charge is -1.96. The van der Waals surface area contributed by atoms with E-state index in [1.807, 2.05) is 37.8 Å². The standard InChI is InChI=1S/C13H6BrN2S/c14-11-8-7-10(12-13(11)16-17-15-12)6-5-9-3-1-2-4-9/h1-4,7-8H. The molecule has 3 rings (SSSR count). The molecule has 0 N–H and O–H groups in total. The number of hydrogen-bond donors (Lipinski definition) is 0. The van der Waals surface area contributed by atoms with E-state index in [1.54, 1.807) is 0 Å². The predicted octanol–water partition coefficient (Wildman–Crippen LogP) is 3.21. The van der Waals surface area contributed by atoms with E-state index in [9.17, 15) is 0 Å². The predicted molar refractivity (Wildman–Crippen MR) is 72.4 cm³/mol. The van der Waals surface area contributed by atoms with Crippen molar-refractivity contribution in [2.24, 2.45) is 0 Å². The fourth-order valence-corrected chi connectivity index (χ4v) is 2.63. The smallest absolute Gasteiger partial charge is 0.121 e. The Bertz CT molecular complexity index is 603. The minimum atomic E-state index is 0.864. The molecule has 81 valence electrons. The van der Waals surface area contributed by atoms with E-state index in [-0.39, 0.29) is 0 Å². The maximum atomic E-state index is 4.28. The third-order valence-corrected chi connectivity index (χ3v) is 3.54. The summed E-state index contributed by atoms with van der Waals surface area (Å²) in [6.07, 6.45) is 7.93. The molecule has 1 aliphatic rings. The van der Waals surface area contributed by atoms with E-state index >= 15 is 0 Å². The largest absolute Gasteiger partial charge is 0.172 e. The number of aromatic nitrogens is 2. The number of hydrogen-bond acceptors (Lipinski definition) is 3. The summed E-state index contributed by atoms with van der Waals surface area (Å²) in [5, 5.41) is 0. The van der Waals surface area contributed by atoms with Crippen LogP contribution in [0.2, 0.25) is 0 Å². The van der Waals surface area contributed by atoms with Crippen molar-refractivity contribution >= 4 is 38.7 Å². The van der Waals surface area contributed by atoms with Crippen molar-refractivity contribution in [3.05, 3.63) is 53.8 Å². The van der Waals surface area contributed by atoms with Crippen molar-refractivity contribution in [3.8, 4) is 11.8 Å². The molecule has 17 heavy (non-hydrogen) atoms. The quantitative estimate of drug-likeness (QED) is 0.698. The first-order chi connectivity index (χ1) is 8.34. The molecule has 0 unspecified atom stereocenters. The van der Waals surface area contributed by atoms with E-state index in [2.05, 4.69) is 36.5 Å². The van der Waals surface area contributed by atoms with Crippen molar-refractivity contribution in [3.63, 3.8) is 0 Å². The third-order valence-electron chi connectivity index (χ3n) is 2.37. The van der Waals surface area contributed by atoms with Crippen LogP contribution in [0, 0.1) is 43.4 Å². The second-order valence-corrected chi connectivity index (χ2v) is 4.86. The Morgan fingerprint density at radius 3 is 2.59 bits per heavy atom. The molecule has 1 heterocycles. The highest BCUT2D eigenvalue weighted by Crippen LogP contribution is 2.25. The number of nitrogens with zero attached hydrogens (tertiary/aromatic N) is 2. The number of halogens is 1. The first kappa shape index (κ1) is 11.2. The van der Waals surface area contributed by atoms with Crippen molar-refractivity contribution in [2.75, 3.05) is 0 Å². The average Bonchev–Trinajstić information content (AvgIpc) is 2.99. The topological polar surface area (TPSA) is 25.8 Å². The van der Waals surface area contributed by atoms with Gasteiger partial charge in [0.25, 0.3) is 0 Å². The van der Waals surface area contributed by atoms with Gasteiger partial charge in [0, 0.05) is 4.47 Å². The highest BCUT2D eigenvalue weighted by molar-refractivity contribution is 9.10. The summed E-state index contributed by atoms with van der Waals surface area (Å²) in [6.45, 7) is 0. The molecular weight excluding hydrogens is 296 g/mol. The van der Waals surface area contributed by atoms with Crippen LogP contribution in [0.3, 0.4) is 0 Å². The molecule has 4 heteroatoms. The number of fused-ring (bicyclic) bond motifs is 1. The van der Waals surface area contributed by atoms with Crippen LogP contribution in [0.4, 0.5) is 0 Å². The Labute approximate surface area is 113 Å². The summed E-state index contributed by atoms with van der Waals surface area (Å²) in [7, 11) is 0. The van der Waals surface area contributed by atoms with E-state index in [0.29, 0.717) is 0 Å². The molecule has 1 aromatic carbocycles. The van der Waals surface area contributed by atoms with E-state index in [0.717, 1.165) is 27.0 Å². The maximum absolute atomic E-state index is 4.28. The summed E-state index contributed by atoms with van der Waals surface area (Å²) in [5.41, 5.74) is 2.66. The van der Waals surface area contributed by atoms with Gasteiger partial charge in [-0.25, -0.2) is 0 Å².